The number of hydrogen-bond acceptors (Lipinski definition) is 3. The number of fused-ring (bicyclic) bond motifs is 1. The second-order valence-electron chi connectivity index (χ2n) is 5.16. The third-order valence-electron chi connectivity index (χ3n) is 3.65. The zero-order valence-electron chi connectivity index (χ0n) is 10.8. The number of nitrogens with one attached hydrogen (secondary N) is 1. The number of hydrogen-bond donors (Lipinski definition) is 1. The SMILES string of the molecule is CN1CCC(NCc2ccc3ncccc3c2)C1. The molecule has 0 aliphatic carbocycles. The third-order valence-corrected chi connectivity index (χ3v) is 3.65. The maximum absolute atomic E-state index is 4.34. The first-order valence-electron chi connectivity index (χ1n) is 6.57. The van der Waals surface area contributed by atoms with Crippen LogP contribution in [0.3, 0.4) is 0 Å². The fourth-order valence-corrected chi connectivity index (χ4v) is 2.60. The standard InChI is InChI=1S/C15H19N3/c1-18-8-6-14(11-18)17-10-12-4-5-15-13(9-12)3-2-7-16-15/h2-5,7,9,14,17H,6,8,10-11H2,1H3. The van der Waals surface area contributed by atoms with Crippen molar-refractivity contribution >= 4 is 10.9 Å². The smallest absolute Gasteiger partial charge is 0.0702 e. The molecule has 2 aromatic rings. The topological polar surface area (TPSA) is 28.2 Å². The highest BCUT2D eigenvalue weighted by Crippen LogP contribution is 2.14. The first-order valence-corrected chi connectivity index (χ1v) is 6.57. The molecule has 18 heavy (non-hydrogen) atoms. The monoisotopic (exact) mass is 241 g/mol. The molecule has 1 fully saturated rings. The van der Waals surface area contributed by atoms with Gasteiger partial charge in [0.15, 0.2) is 0 Å². The molecule has 2 heterocycles. The highest BCUT2D eigenvalue weighted by Gasteiger charge is 2.18. The Labute approximate surface area is 108 Å². The summed E-state index contributed by atoms with van der Waals surface area (Å²) in [7, 11) is 2.18. The predicted octanol–water partition coefficient (Wildman–Crippen LogP) is 2.03. The van der Waals surface area contributed by atoms with Crippen LogP contribution in [0.2, 0.25) is 0 Å². The molecule has 1 aliphatic heterocycles. The van der Waals surface area contributed by atoms with Crippen molar-refractivity contribution in [2.24, 2.45) is 0 Å². The van der Waals surface area contributed by atoms with Crippen molar-refractivity contribution < 1.29 is 0 Å². The summed E-state index contributed by atoms with van der Waals surface area (Å²) < 4.78 is 0. The highest BCUT2D eigenvalue weighted by atomic mass is 15.2. The molecule has 1 unspecified atom stereocenters. The van der Waals surface area contributed by atoms with Crippen LogP contribution in [0.1, 0.15) is 12.0 Å². The van der Waals surface area contributed by atoms with Crippen molar-refractivity contribution in [1.82, 2.24) is 15.2 Å². The number of aromatic nitrogens is 1. The molecule has 1 aromatic carbocycles. The molecule has 0 spiro atoms. The Bertz CT molecular complexity index is 538. The van der Waals surface area contributed by atoms with Crippen LogP contribution < -0.4 is 5.32 Å². The van der Waals surface area contributed by atoms with Gasteiger partial charge in [0.2, 0.25) is 0 Å². The molecule has 3 rings (SSSR count). The molecule has 1 saturated heterocycles. The minimum Gasteiger partial charge on any atom is -0.309 e. The summed E-state index contributed by atoms with van der Waals surface area (Å²) in [5, 5.41) is 4.85. The van der Waals surface area contributed by atoms with Crippen LogP contribution in [-0.2, 0) is 6.54 Å². The molecule has 94 valence electrons. The maximum atomic E-state index is 4.34. The van der Waals surface area contributed by atoms with E-state index < -0.39 is 0 Å². The van der Waals surface area contributed by atoms with Gasteiger partial charge in [0.05, 0.1) is 5.52 Å². The van der Waals surface area contributed by atoms with Crippen LogP contribution in [-0.4, -0.2) is 36.1 Å². The third kappa shape index (κ3) is 2.52. The van der Waals surface area contributed by atoms with Crippen molar-refractivity contribution in [3.63, 3.8) is 0 Å². The minimum atomic E-state index is 0.639. The van der Waals surface area contributed by atoms with E-state index in [0.717, 1.165) is 18.6 Å². The van der Waals surface area contributed by atoms with E-state index in [1.165, 1.54) is 23.9 Å². The summed E-state index contributed by atoms with van der Waals surface area (Å²) in [5.74, 6) is 0. The van der Waals surface area contributed by atoms with Gasteiger partial charge in [-0.1, -0.05) is 12.1 Å². The van der Waals surface area contributed by atoms with E-state index in [-0.39, 0.29) is 0 Å². The summed E-state index contributed by atoms with van der Waals surface area (Å²) in [6.45, 7) is 3.32. The van der Waals surface area contributed by atoms with Gasteiger partial charge in [-0.25, -0.2) is 0 Å². The van der Waals surface area contributed by atoms with E-state index in [2.05, 4.69) is 46.5 Å². The Hall–Kier alpha value is -1.45. The van der Waals surface area contributed by atoms with Gasteiger partial charge in [-0.3, -0.25) is 4.98 Å². The fourth-order valence-electron chi connectivity index (χ4n) is 2.60. The zero-order chi connectivity index (χ0) is 12.4. The lowest BCUT2D eigenvalue weighted by atomic mass is 10.1. The molecule has 0 saturated carbocycles. The van der Waals surface area contributed by atoms with Crippen LogP contribution in [0.15, 0.2) is 36.5 Å². The Morgan fingerprint density at radius 3 is 3.17 bits per heavy atom. The van der Waals surface area contributed by atoms with E-state index >= 15 is 0 Å². The molecular weight excluding hydrogens is 222 g/mol. The van der Waals surface area contributed by atoms with Gasteiger partial charge in [-0.2, -0.15) is 0 Å². The summed E-state index contributed by atoms with van der Waals surface area (Å²) in [4.78, 5) is 6.72. The average molecular weight is 241 g/mol. The number of nitrogens with zero attached hydrogens (tertiary/aromatic N) is 2. The summed E-state index contributed by atoms with van der Waals surface area (Å²) in [5.41, 5.74) is 2.41. The minimum absolute atomic E-state index is 0.639. The summed E-state index contributed by atoms with van der Waals surface area (Å²) >= 11 is 0. The Morgan fingerprint density at radius 1 is 1.39 bits per heavy atom. The van der Waals surface area contributed by atoms with Gasteiger partial charge in [-0.15, -0.1) is 0 Å². The Balaban J connectivity index is 1.67. The van der Waals surface area contributed by atoms with E-state index in [4.69, 9.17) is 0 Å². The number of rotatable bonds is 3. The van der Waals surface area contributed by atoms with E-state index in [1.54, 1.807) is 0 Å². The van der Waals surface area contributed by atoms with E-state index in [9.17, 15) is 0 Å². The fraction of sp³-hybridized carbons (Fsp3) is 0.400. The van der Waals surface area contributed by atoms with Crippen LogP contribution in [0.5, 0.6) is 0 Å². The van der Waals surface area contributed by atoms with Crippen LogP contribution in [0.4, 0.5) is 0 Å². The lowest BCUT2D eigenvalue weighted by Crippen LogP contribution is -2.30. The normalized spacial score (nSPS) is 20.6. The first kappa shape index (κ1) is 11.6. The molecule has 0 bridgehead atoms. The van der Waals surface area contributed by atoms with E-state index in [1.807, 2.05) is 12.3 Å². The van der Waals surface area contributed by atoms with Crippen LogP contribution in [0.25, 0.3) is 10.9 Å². The van der Waals surface area contributed by atoms with Gasteiger partial charge in [-0.05, 0) is 43.8 Å². The Morgan fingerprint density at radius 2 is 2.33 bits per heavy atom. The second-order valence-corrected chi connectivity index (χ2v) is 5.16. The average Bonchev–Trinajstić information content (AvgIpc) is 2.82. The first-order chi connectivity index (χ1) is 8.81. The lowest BCUT2D eigenvalue weighted by Gasteiger charge is -2.13. The summed E-state index contributed by atoms with van der Waals surface area (Å²) in [6.07, 6.45) is 3.10. The largest absolute Gasteiger partial charge is 0.309 e. The zero-order valence-corrected chi connectivity index (χ0v) is 10.8. The molecular formula is C15H19N3. The highest BCUT2D eigenvalue weighted by molar-refractivity contribution is 5.78. The molecule has 1 aromatic heterocycles. The quantitative estimate of drug-likeness (QED) is 0.891. The Kier molecular flexibility index (Phi) is 3.26. The molecule has 3 nitrogen and oxygen atoms in total. The molecule has 0 radical (unpaired) electrons. The molecule has 1 N–H and O–H groups in total. The van der Waals surface area contributed by atoms with Crippen molar-refractivity contribution in [3.05, 3.63) is 42.1 Å². The van der Waals surface area contributed by atoms with Crippen LogP contribution >= 0.6 is 0 Å². The van der Waals surface area contributed by atoms with E-state index in [0.29, 0.717) is 6.04 Å². The van der Waals surface area contributed by atoms with Gasteiger partial charge < -0.3 is 10.2 Å². The number of likely N-dealkylation sites (tertiary alicyclic amines) is 1. The summed E-state index contributed by atoms with van der Waals surface area (Å²) in [6, 6.07) is 11.3. The van der Waals surface area contributed by atoms with Crippen molar-refractivity contribution in [2.75, 3.05) is 20.1 Å². The maximum Gasteiger partial charge on any atom is 0.0702 e. The van der Waals surface area contributed by atoms with Crippen molar-refractivity contribution in [1.29, 1.82) is 0 Å². The number of benzene rings is 1. The lowest BCUT2D eigenvalue weighted by molar-refractivity contribution is 0.398. The van der Waals surface area contributed by atoms with Gasteiger partial charge in [0.1, 0.15) is 0 Å². The molecule has 1 aliphatic rings. The van der Waals surface area contributed by atoms with Gasteiger partial charge >= 0.3 is 0 Å². The second kappa shape index (κ2) is 5.04. The molecule has 1 atom stereocenters. The number of likely N-dealkylation sites (N-methyl/N-ethyl adjacent to an activating group) is 1. The van der Waals surface area contributed by atoms with Gasteiger partial charge in [0.25, 0.3) is 0 Å². The van der Waals surface area contributed by atoms with Crippen molar-refractivity contribution in [2.45, 2.75) is 19.0 Å². The van der Waals surface area contributed by atoms with Gasteiger partial charge in [0, 0.05) is 30.7 Å². The predicted molar refractivity (Wildman–Crippen MR) is 74.5 cm³/mol. The molecule has 0 amide bonds. The van der Waals surface area contributed by atoms with Crippen LogP contribution in [0, 0.1) is 0 Å². The molecule has 3 heteroatoms. The number of pyridine rings is 1. The van der Waals surface area contributed by atoms with Crippen molar-refractivity contribution in [3.8, 4) is 0 Å².